The van der Waals surface area contributed by atoms with Crippen LogP contribution in [0.5, 0.6) is 5.75 Å². The molecule has 0 spiro atoms. The standard InChI is InChI=1S/C65H75BN2OS/c1-17-39-20-18-19-21-42(39)55-50(26-25-45(58(55)69)61(6,7)8)68-53-33-38(2)32-52-56(53)66(59-57(68)43-34-40(60(3,4)5)22-27-54(43)70-59)49-36-47-48(65(15,16)31-30-64(47,13)14)37-51(49)67(52)41-23-24-44-46(35-41)63(11,12)29-28-62(44,9)10/h18-27,32-37,69H,17,28-31H2,1-16H3. The number of phenols is 1. The third kappa shape index (κ3) is 7.01. The first-order valence-electron chi connectivity index (χ1n) is 26.3. The predicted molar refractivity (Wildman–Crippen MR) is 305 cm³/mol. The number of anilines is 6. The highest BCUT2D eigenvalue weighted by Crippen LogP contribution is 2.56. The number of benzene rings is 6. The molecule has 1 N–H and O–H groups in total. The molecule has 360 valence electrons. The lowest BCUT2D eigenvalue weighted by molar-refractivity contribution is 0.332. The van der Waals surface area contributed by atoms with Crippen LogP contribution < -0.4 is 25.5 Å². The van der Waals surface area contributed by atoms with E-state index in [-0.39, 0.29) is 39.2 Å². The van der Waals surface area contributed by atoms with Gasteiger partial charge in [0, 0.05) is 48.7 Å². The molecule has 5 heteroatoms. The zero-order valence-corrected chi connectivity index (χ0v) is 45.9. The lowest BCUT2D eigenvalue weighted by Crippen LogP contribution is -2.61. The third-order valence-electron chi connectivity index (χ3n) is 17.6. The molecule has 0 fully saturated rings. The van der Waals surface area contributed by atoms with Crippen LogP contribution in [0.2, 0.25) is 0 Å². The van der Waals surface area contributed by atoms with Crippen molar-refractivity contribution in [2.45, 2.75) is 175 Å². The van der Waals surface area contributed by atoms with E-state index in [0.717, 1.165) is 48.1 Å². The molecule has 3 heterocycles. The summed E-state index contributed by atoms with van der Waals surface area (Å²) in [6, 6.07) is 38.3. The summed E-state index contributed by atoms with van der Waals surface area (Å²) in [5.41, 5.74) is 22.5. The number of phenolic OH excluding ortho intramolecular Hbond substituents is 1. The third-order valence-corrected chi connectivity index (χ3v) is 18.8. The Morgan fingerprint density at radius 2 is 1.20 bits per heavy atom. The summed E-state index contributed by atoms with van der Waals surface area (Å²) in [6.07, 6.45) is 5.52. The van der Waals surface area contributed by atoms with Gasteiger partial charge in [-0.15, -0.1) is 11.3 Å². The zero-order chi connectivity index (χ0) is 50.0. The fourth-order valence-electron chi connectivity index (χ4n) is 13.1. The smallest absolute Gasteiger partial charge is 0.264 e. The summed E-state index contributed by atoms with van der Waals surface area (Å²) in [7, 11) is 0. The average Bonchev–Trinajstić information content (AvgIpc) is 3.66. The van der Waals surface area contributed by atoms with Crippen LogP contribution in [-0.4, -0.2) is 11.8 Å². The van der Waals surface area contributed by atoms with Gasteiger partial charge in [0.05, 0.1) is 11.4 Å². The molecule has 1 aromatic heterocycles. The maximum atomic E-state index is 13.0. The van der Waals surface area contributed by atoms with E-state index in [1.54, 1.807) is 0 Å². The zero-order valence-electron chi connectivity index (χ0n) is 45.1. The first-order valence-corrected chi connectivity index (χ1v) is 27.2. The SMILES string of the molecule is CCc1ccccc1-c1c(N2c3cc(C)cc4c3B(c3cc5c(cc3N4c3ccc4c(c3)C(C)(C)CCC4(C)C)C(C)(C)CCC5(C)C)c3sc4ccc(C(C)(C)C)cc4c32)ccc(C(C)(C)C)c1O. The minimum absolute atomic E-state index is 0.00782. The van der Waals surface area contributed by atoms with E-state index in [9.17, 15) is 5.11 Å². The van der Waals surface area contributed by atoms with Gasteiger partial charge in [-0.25, -0.2) is 0 Å². The van der Waals surface area contributed by atoms with E-state index < -0.39 is 0 Å². The molecule has 0 unspecified atom stereocenters. The molecular formula is C65H75BN2OS. The van der Waals surface area contributed by atoms with Gasteiger partial charge >= 0.3 is 0 Å². The summed E-state index contributed by atoms with van der Waals surface area (Å²) < 4.78 is 2.66. The summed E-state index contributed by atoms with van der Waals surface area (Å²) >= 11 is 1.97. The molecule has 2 aliphatic heterocycles. The molecule has 70 heavy (non-hydrogen) atoms. The molecule has 6 aromatic carbocycles. The highest BCUT2D eigenvalue weighted by molar-refractivity contribution is 7.33. The Bertz CT molecular complexity index is 3330. The van der Waals surface area contributed by atoms with Crippen molar-refractivity contribution in [3.63, 3.8) is 0 Å². The van der Waals surface area contributed by atoms with Crippen LogP contribution in [0.4, 0.5) is 34.1 Å². The molecular weight excluding hydrogens is 868 g/mol. The Balaban J connectivity index is 1.31. The number of aryl methyl sites for hydroxylation is 2. The highest BCUT2D eigenvalue weighted by atomic mass is 32.1. The fourth-order valence-corrected chi connectivity index (χ4v) is 14.4. The first-order chi connectivity index (χ1) is 32.7. The largest absolute Gasteiger partial charge is 0.507 e. The number of thiophene rings is 1. The van der Waals surface area contributed by atoms with Gasteiger partial charge in [-0.2, -0.15) is 0 Å². The van der Waals surface area contributed by atoms with Gasteiger partial charge in [0.2, 0.25) is 0 Å². The van der Waals surface area contributed by atoms with Crippen LogP contribution in [0.3, 0.4) is 0 Å². The van der Waals surface area contributed by atoms with Crippen molar-refractivity contribution >= 4 is 78.0 Å². The van der Waals surface area contributed by atoms with Crippen molar-refractivity contribution < 1.29 is 5.11 Å². The predicted octanol–water partition coefficient (Wildman–Crippen LogP) is 16.5. The monoisotopic (exact) mass is 943 g/mol. The number of hydrogen-bond acceptors (Lipinski definition) is 4. The van der Waals surface area contributed by atoms with Gasteiger partial charge < -0.3 is 14.9 Å². The van der Waals surface area contributed by atoms with Gasteiger partial charge in [-0.05, 0) is 175 Å². The number of hydrogen-bond donors (Lipinski definition) is 1. The Labute approximate surface area is 424 Å². The number of nitrogens with zero attached hydrogens (tertiary/aromatic N) is 2. The summed E-state index contributed by atoms with van der Waals surface area (Å²) in [6.45, 7) is 37.9. The summed E-state index contributed by atoms with van der Waals surface area (Å²) in [5.74, 6) is 0.369. The minimum Gasteiger partial charge on any atom is -0.507 e. The Kier molecular flexibility index (Phi) is 10.3. The first kappa shape index (κ1) is 47.1. The van der Waals surface area contributed by atoms with Crippen molar-refractivity contribution in [2.24, 2.45) is 0 Å². The molecule has 4 aliphatic rings. The molecule has 7 aromatic rings. The van der Waals surface area contributed by atoms with Crippen molar-refractivity contribution in [3.05, 3.63) is 142 Å². The molecule has 0 atom stereocenters. The second-order valence-electron chi connectivity index (χ2n) is 26.4. The summed E-state index contributed by atoms with van der Waals surface area (Å²) in [5, 5.41) is 14.3. The normalized spacial score (nSPS) is 18.3. The Morgan fingerprint density at radius 3 is 1.83 bits per heavy atom. The molecule has 0 radical (unpaired) electrons. The van der Waals surface area contributed by atoms with Crippen molar-refractivity contribution in [1.29, 1.82) is 0 Å². The van der Waals surface area contributed by atoms with E-state index in [1.165, 1.54) is 99.6 Å². The molecule has 0 bridgehead atoms. The highest BCUT2D eigenvalue weighted by Gasteiger charge is 2.49. The van der Waals surface area contributed by atoms with Gasteiger partial charge in [0.15, 0.2) is 0 Å². The molecule has 3 nitrogen and oxygen atoms in total. The maximum Gasteiger partial charge on any atom is 0.264 e. The van der Waals surface area contributed by atoms with E-state index in [1.807, 2.05) is 11.3 Å². The molecule has 0 saturated carbocycles. The molecule has 2 aliphatic carbocycles. The second kappa shape index (κ2) is 15.4. The topological polar surface area (TPSA) is 26.7 Å². The van der Waals surface area contributed by atoms with E-state index in [4.69, 9.17) is 0 Å². The van der Waals surface area contributed by atoms with Crippen LogP contribution in [0.25, 0.3) is 21.2 Å². The number of rotatable bonds is 4. The van der Waals surface area contributed by atoms with Crippen LogP contribution in [0.1, 0.15) is 174 Å². The second-order valence-corrected chi connectivity index (χ2v) is 27.5. The van der Waals surface area contributed by atoms with Crippen LogP contribution in [0, 0.1) is 6.92 Å². The number of fused-ring (bicyclic) bond motifs is 8. The number of aromatic hydroxyl groups is 1. The lowest BCUT2D eigenvalue weighted by Gasteiger charge is -2.47. The van der Waals surface area contributed by atoms with Crippen LogP contribution >= 0.6 is 11.3 Å². The van der Waals surface area contributed by atoms with Gasteiger partial charge in [0.25, 0.3) is 6.71 Å². The maximum absolute atomic E-state index is 13.0. The summed E-state index contributed by atoms with van der Waals surface area (Å²) in [4.78, 5) is 5.28. The van der Waals surface area contributed by atoms with Gasteiger partial charge in [-0.1, -0.05) is 152 Å². The van der Waals surface area contributed by atoms with Crippen LogP contribution in [-0.2, 0) is 38.9 Å². The fraction of sp³-hybridized carbons (Fsp3) is 0.415. The van der Waals surface area contributed by atoms with Crippen molar-refractivity contribution in [3.8, 4) is 16.9 Å². The van der Waals surface area contributed by atoms with Crippen molar-refractivity contribution in [1.82, 2.24) is 0 Å². The van der Waals surface area contributed by atoms with Gasteiger partial charge in [0.1, 0.15) is 5.75 Å². The Morgan fingerprint density at radius 1 is 0.600 bits per heavy atom. The minimum atomic E-state index is -0.278. The van der Waals surface area contributed by atoms with E-state index in [0.29, 0.717) is 5.75 Å². The van der Waals surface area contributed by atoms with Crippen LogP contribution in [0.15, 0.2) is 97.1 Å². The van der Waals surface area contributed by atoms with E-state index in [2.05, 4.69) is 218 Å². The molecule has 0 amide bonds. The lowest BCUT2D eigenvalue weighted by atomic mass is 9.35. The molecule has 0 saturated heterocycles. The van der Waals surface area contributed by atoms with Gasteiger partial charge in [-0.3, -0.25) is 0 Å². The molecule has 11 rings (SSSR count). The quantitative estimate of drug-likeness (QED) is 0.178. The van der Waals surface area contributed by atoms with E-state index >= 15 is 0 Å². The van der Waals surface area contributed by atoms with Crippen molar-refractivity contribution in [2.75, 3.05) is 9.80 Å². The average molecular weight is 943 g/mol. The Hall–Kier alpha value is -5.26.